The molecule has 2 aromatic carbocycles. The second-order valence-electron chi connectivity index (χ2n) is 17.9. The van der Waals surface area contributed by atoms with E-state index in [1.807, 2.05) is 18.7 Å². The molecule has 18 heteroatoms. The summed E-state index contributed by atoms with van der Waals surface area (Å²) >= 11 is 6.69. The van der Waals surface area contributed by atoms with Crippen molar-refractivity contribution in [3.63, 3.8) is 0 Å². The fourth-order valence-electron chi connectivity index (χ4n) is 7.55. The first-order valence-corrected chi connectivity index (χ1v) is 25.9. The number of nitrogens with one attached hydrogen (secondary N) is 3. The number of esters is 2. The van der Waals surface area contributed by atoms with E-state index in [1.165, 1.54) is 86.9 Å². The van der Waals surface area contributed by atoms with Crippen molar-refractivity contribution in [3.05, 3.63) is 71.3 Å². The van der Waals surface area contributed by atoms with Crippen LogP contribution < -0.4 is 25.2 Å². The molecule has 3 aromatic rings. The summed E-state index contributed by atoms with van der Waals surface area (Å²) in [6, 6.07) is 8.43. The lowest BCUT2D eigenvalue weighted by atomic mass is 9.80. The maximum atomic E-state index is 15.4. The Kier molecular flexibility index (Phi) is 22.8. The van der Waals surface area contributed by atoms with Crippen LogP contribution in [0.4, 0.5) is 21.9 Å². The van der Waals surface area contributed by atoms with Crippen LogP contribution in [0, 0.1) is 12.3 Å². The first kappa shape index (κ1) is 56.3. The number of hydrogen-bond acceptors (Lipinski definition) is 11. The van der Waals surface area contributed by atoms with E-state index in [0.717, 1.165) is 36.8 Å². The molecule has 0 aliphatic heterocycles. The monoisotopic (exact) mass is 971 g/mol. The molecule has 16 nitrogen and oxygen atoms in total. The van der Waals surface area contributed by atoms with Crippen molar-refractivity contribution in [2.75, 3.05) is 54.2 Å². The number of urea groups is 1. The Morgan fingerprint density at radius 1 is 0.866 bits per heavy atom. The van der Waals surface area contributed by atoms with E-state index in [2.05, 4.69) is 27.3 Å². The summed E-state index contributed by atoms with van der Waals surface area (Å²) in [4.78, 5) is 79.1. The number of benzene rings is 2. The van der Waals surface area contributed by atoms with Gasteiger partial charge in [0.05, 0.1) is 41.2 Å². The second-order valence-corrected chi connectivity index (χ2v) is 20.1. The molecule has 0 radical (unpaired) electrons. The van der Waals surface area contributed by atoms with Crippen molar-refractivity contribution in [3.8, 4) is 0 Å². The van der Waals surface area contributed by atoms with Gasteiger partial charge in [0.2, 0.25) is 10.0 Å². The van der Waals surface area contributed by atoms with E-state index < -0.39 is 56.9 Å². The predicted molar refractivity (Wildman–Crippen MR) is 265 cm³/mol. The van der Waals surface area contributed by atoms with Crippen LogP contribution in [-0.4, -0.2) is 92.8 Å². The molecule has 1 heterocycles. The number of rotatable bonds is 29. The van der Waals surface area contributed by atoms with Crippen LogP contribution in [0.3, 0.4) is 0 Å². The smallest absolute Gasteiger partial charge is 0.347 e. The zero-order valence-corrected chi connectivity index (χ0v) is 42.6. The lowest BCUT2D eigenvalue weighted by Gasteiger charge is -2.45. The summed E-state index contributed by atoms with van der Waals surface area (Å²) in [5.41, 5.74) is -2.49. The minimum atomic E-state index is -3.42. The molecule has 1 aromatic heterocycles. The van der Waals surface area contributed by atoms with Gasteiger partial charge < -0.3 is 25.0 Å². The summed E-state index contributed by atoms with van der Waals surface area (Å²) in [6.45, 7) is 15.6. The van der Waals surface area contributed by atoms with Crippen molar-refractivity contribution < 1.29 is 41.9 Å². The van der Waals surface area contributed by atoms with Crippen LogP contribution in [-0.2, 0) is 39.5 Å². The number of halogens is 1. The molecule has 372 valence electrons. The van der Waals surface area contributed by atoms with Gasteiger partial charge in [-0.05, 0) is 75.6 Å². The first-order valence-electron chi connectivity index (χ1n) is 23.6. The number of nitrogens with zero attached hydrogens (tertiary/aromatic N) is 4. The van der Waals surface area contributed by atoms with Crippen molar-refractivity contribution in [1.82, 2.24) is 19.6 Å². The van der Waals surface area contributed by atoms with Gasteiger partial charge in [0, 0.05) is 49.7 Å². The van der Waals surface area contributed by atoms with Gasteiger partial charge in [-0.2, -0.15) is 0 Å². The summed E-state index contributed by atoms with van der Waals surface area (Å²) in [7, 11) is -3.42. The molecule has 2 unspecified atom stereocenters. The Hall–Kier alpha value is -5.00. The number of carbonyl (C=O) groups is 5. The van der Waals surface area contributed by atoms with E-state index in [0.29, 0.717) is 37.2 Å². The number of imidazole rings is 1. The molecule has 0 aliphatic carbocycles. The highest BCUT2D eigenvalue weighted by molar-refractivity contribution is 7.88. The number of hydrogen-bond donors (Lipinski definition) is 3. The van der Waals surface area contributed by atoms with Crippen LogP contribution in [0.1, 0.15) is 141 Å². The van der Waals surface area contributed by atoms with Gasteiger partial charge in [0.1, 0.15) is 0 Å². The number of carbonyl (C=O) groups excluding carboxylic acids is 5. The quantitative estimate of drug-likeness (QED) is 0.0341. The van der Waals surface area contributed by atoms with Crippen LogP contribution >= 0.6 is 11.6 Å². The molecule has 3 N–H and O–H groups in total. The fourth-order valence-corrected chi connectivity index (χ4v) is 8.18. The number of anilines is 3. The molecular formula is C49H74ClN7O9S. The molecule has 0 aliphatic rings. The third-order valence-corrected chi connectivity index (χ3v) is 12.3. The van der Waals surface area contributed by atoms with Gasteiger partial charge in [-0.25, -0.2) is 32.5 Å². The normalized spacial score (nSPS) is 13.0. The Morgan fingerprint density at radius 3 is 2.07 bits per heavy atom. The maximum Gasteiger partial charge on any atom is 0.347 e. The molecule has 3 amide bonds. The van der Waals surface area contributed by atoms with Crippen molar-refractivity contribution in [2.45, 2.75) is 144 Å². The lowest BCUT2D eigenvalue weighted by molar-refractivity contribution is -0.153. The van der Waals surface area contributed by atoms with E-state index in [4.69, 9.17) is 21.1 Å². The van der Waals surface area contributed by atoms with Crippen LogP contribution in [0.2, 0.25) is 5.02 Å². The number of ether oxygens (including phenoxy) is 2. The van der Waals surface area contributed by atoms with Crippen molar-refractivity contribution in [1.29, 1.82) is 0 Å². The number of aryl methyl sites for hydroxylation is 1. The van der Waals surface area contributed by atoms with E-state index in [-0.39, 0.29) is 41.7 Å². The molecule has 0 bridgehead atoms. The zero-order valence-electron chi connectivity index (χ0n) is 41.0. The third kappa shape index (κ3) is 16.6. The Morgan fingerprint density at radius 2 is 1.51 bits per heavy atom. The number of aromatic nitrogens is 2. The average molecular weight is 973 g/mol. The number of amides is 3. The minimum absolute atomic E-state index is 0.00101. The van der Waals surface area contributed by atoms with E-state index in [1.54, 1.807) is 45.9 Å². The molecule has 2 atom stereocenters. The topological polar surface area (TPSA) is 198 Å². The van der Waals surface area contributed by atoms with Crippen LogP contribution in [0.15, 0.2) is 55.1 Å². The average Bonchev–Trinajstić information content (AvgIpc) is 3.81. The summed E-state index contributed by atoms with van der Waals surface area (Å²) < 4.78 is 38.2. The highest BCUT2D eigenvalue weighted by Gasteiger charge is 2.58. The van der Waals surface area contributed by atoms with Crippen molar-refractivity contribution in [2.24, 2.45) is 5.41 Å². The van der Waals surface area contributed by atoms with Crippen molar-refractivity contribution >= 4 is 68.3 Å². The molecule has 3 rings (SSSR count). The number of ketones is 1. The van der Waals surface area contributed by atoms with Gasteiger partial charge in [-0.3, -0.25) is 19.1 Å². The molecule has 67 heavy (non-hydrogen) atoms. The third-order valence-electron chi connectivity index (χ3n) is 11.2. The second kappa shape index (κ2) is 27.1. The number of sulfonamides is 1. The highest BCUT2D eigenvalue weighted by Crippen LogP contribution is 2.40. The minimum Gasteiger partial charge on any atom is -0.463 e. The Bertz CT molecular complexity index is 2200. The fraction of sp³-hybridized carbons (Fsp3) is 0.592. The van der Waals surface area contributed by atoms with Gasteiger partial charge in [-0.15, -0.1) is 0 Å². The van der Waals surface area contributed by atoms with Gasteiger partial charge in [0.25, 0.3) is 11.6 Å². The Balaban J connectivity index is 1.99. The number of Topliss-reactive ketones (excluding diaryl/α,β-unsaturated/α-hetero) is 1. The number of unbranched alkanes of at least 4 members (excludes halogenated alkanes) is 10. The lowest BCUT2D eigenvalue weighted by Crippen LogP contribution is -2.68. The van der Waals surface area contributed by atoms with E-state index >= 15 is 9.59 Å². The van der Waals surface area contributed by atoms with Gasteiger partial charge in [-0.1, -0.05) is 110 Å². The summed E-state index contributed by atoms with van der Waals surface area (Å²) in [6.07, 6.45) is 16.6. The molecule has 0 saturated carbocycles. The standard InChI is InChI=1S/C49H74ClN7O9S/c1-10-13-15-16-17-18-19-20-21-22-32-65-43(58)37(5)66-44(59)38-23-25-40(50)41(34-38)54-46(61)49(45(60)48(6,7)8,56-31-28-51-35-56)57(47(62)52-27-14-11-2)42-26-24-39(33-36(42)4)55(12-3)30-29-53-67(9,63)64/h23-26,28,31,33-35,37,53H,10-22,27,29-30,32H2,1-9H3,(H,52,62)(H,54,61). The molecular weight excluding hydrogens is 898 g/mol. The molecule has 0 saturated heterocycles. The van der Waals surface area contributed by atoms with Gasteiger partial charge in [0.15, 0.2) is 11.9 Å². The largest absolute Gasteiger partial charge is 0.463 e. The molecule has 0 fully saturated rings. The van der Waals surface area contributed by atoms with E-state index in [9.17, 15) is 22.8 Å². The maximum absolute atomic E-state index is 15.4. The highest BCUT2D eigenvalue weighted by atomic mass is 35.5. The predicted octanol–water partition coefficient (Wildman–Crippen LogP) is 9.15. The zero-order chi connectivity index (χ0) is 49.8. The summed E-state index contributed by atoms with van der Waals surface area (Å²) in [5.74, 6) is -3.27. The number of likely N-dealkylation sites (N-methyl/N-ethyl adjacent to an activating group) is 1. The summed E-state index contributed by atoms with van der Waals surface area (Å²) in [5, 5.41) is 5.68. The van der Waals surface area contributed by atoms with Crippen LogP contribution in [0.25, 0.3) is 0 Å². The molecule has 0 spiro atoms. The van der Waals surface area contributed by atoms with Crippen LogP contribution in [0.5, 0.6) is 0 Å². The first-order chi connectivity index (χ1) is 31.7. The van der Waals surface area contributed by atoms with Gasteiger partial charge >= 0.3 is 18.0 Å². The SMILES string of the molecule is CCCCCCCCCCCCOC(=O)C(C)OC(=O)c1ccc(Cl)c(NC(=O)C(C(=O)C(C)(C)C)(N(C(=O)NCCCC)c2ccc(N(CC)CCNS(C)(=O)=O)cc2C)n2ccnc2)c1. The Labute approximate surface area is 403 Å².